The van der Waals surface area contributed by atoms with Gasteiger partial charge in [0.15, 0.2) is 0 Å². The van der Waals surface area contributed by atoms with Crippen molar-refractivity contribution < 1.29 is 14.7 Å². The van der Waals surface area contributed by atoms with Crippen LogP contribution in [0.1, 0.15) is 59.1 Å². The number of nitrogens with one attached hydrogen (secondary N) is 2. The van der Waals surface area contributed by atoms with Crippen molar-refractivity contribution in [1.29, 1.82) is 0 Å². The molecule has 0 spiro atoms. The monoisotopic (exact) mass is 379 g/mol. The fourth-order valence-electron chi connectivity index (χ4n) is 3.61. The molecule has 1 aliphatic carbocycles. The molecule has 0 aliphatic heterocycles. The van der Waals surface area contributed by atoms with E-state index in [1.165, 1.54) is 0 Å². The minimum Gasteiger partial charge on any atom is -0.480 e. The number of amides is 2. The summed E-state index contributed by atoms with van der Waals surface area (Å²) in [6.45, 7) is 12.0. The lowest BCUT2D eigenvalue weighted by molar-refractivity contribution is -0.139. The molecule has 0 aromatic carbocycles. The van der Waals surface area contributed by atoms with Crippen LogP contribution in [0.4, 0.5) is 10.5 Å². The average molecular weight is 380 g/mol. The zero-order chi connectivity index (χ0) is 20.1. The predicted octanol–water partition coefficient (Wildman–Crippen LogP) is 2.72. The fourth-order valence-corrected chi connectivity index (χ4v) is 3.61. The molecule has 2 rings (SSSR count). The molecule has 0 saturated heterocycles. The molecule has 0 atom stereocenters. The molecular formula is C19H33N5O3. The van der Waals surface area contributed by atoms with E-state index in [-0.39, 0.29) is 30.6 Å². The summed E-state index contributed by atoms with van der Waals surface area (Å²) in [6.07, 6.45) is 3.27. The number of nitrogens with zero attached hydrogens (tertiary/aromatic N) is 3. The van der Waals surface area contributed by atoms with Crippen molar-refractivity contribution in [2.45, 2.75) is 72.0 Å². The van der Waals surface area contributed by atoms with Crippen LogP contribution in [-0.4, -0.2) is 57.0 Å². The summed E-state index contributed by atoms with van der Waals surface area (Å²) in [5, 5.41) is 19.3. The molecule has 1 aromatic heterocycles. The first-order chi connectivity index (χ1) is 12.7. The highest BCUT2D eigenvalue weighted by Gasteiger charge is 2.34. The van der Waals surface area contributed by atoms with Crippen molar-refractivity contribution in [3.05, 3.63) is 11.9 Å². The molecule has 27 heavy (non-hydrogen) atoms. The zero-order valence-electron chi connectivity index (χ0n) is 17.0. The summed E-state index contributed by atoms with van der Waals surface area (Å²) in [4.78, 5) is 25.2. The summed E-state index contributed by atoms with van der Waals surface area (Å²) in [7, 11) is 0. The standard InChI is InChI=1S/C19H33N5O3/c1-6-23(11-17(25)26)15-7-14(8-15)21-19(27)22-16-9-20-24(10-12(2)3)18(16)13(4)5/h9,12-15H,6-8,10-11H2,1-5H3,(H,25,26)(H2,21,22,27). The first-order valence-corrected chi connectivity index (χ1v) is 9.80. The number of carbonyl (C=O) groups excluding carboxylic acids is 1. The van der Waals surface area contributed by atoms with Crippen LogP contribution >= 0.6 is 0 Å². The van der Waals surface area contributed by atoms with E-state index in [1.807, 2.05) is 16.5 Å². The van der Waals surface area contributed by atoms with Gasteiger partial charge in [0, 0.05) is 18.6 Å². The third-order valence-electron chi connectivity index (χ3n) is 4.92. The maximum atomic E-state index is 12.4. The molecule has 1 aromatic rings. The molecule has 1 heterocycles. The Bertz CT molecular complexity index is 650. The van der Waals surface area contributed by atoms with Gasteiger partial charge in [0.25, 0.3) is 0 Å². The third kappa shape index (κ3) is 5.69. The second-order valence-electron chi connectivity index (χ2n) is 8.05. The third-order valence-corrected chi connectivity index (χ3v) is 4.92. The quantitative estimate of drug-likeness (QED) is 0.613. The topological polar surface area (TPSA) is 99.5 Å². The summed E-state index contributed by atoms with van der Waals surface area (Å²) < 4.78 is 1.97. The van der Waals surface area contributed by atoms with Gasteiger partial charge in [-0.2, -0.15) is 5.10 Å². The second kappa shape index (κ2) is 9.21. The molecule has 2 amide bonds. The number of urea groups is 1. The molecule has 0 unspecified atom stereocenters. The molecule has 0 radical (unpaired) electrons. The van der Waals surface area contributed by atoms with Gasteiger partial charge in [-0.3, -0.25) is 14.4 Å². The highest BCUT2D eigenvalue weighted by atomic mass is 16.4. The van der Waals surface area contributed by atoms with Gasteiger partial charge >= 0.3 is 12.0 Å². The summed E-state index contributed by atoms with van der Waals surface area (Å²) in [5.41, 5.74) is 1.78. The molecule has 1 saturated carbocycles. The predicted molar refractivity (Wildman–Crippen MR) is 105 cm³/mol. The van der Waals surface area contributed by atoms with Crippen LogP contribution in [0.25, 0.3) is 0 Å². The number of hydrogen-bond donors (Lipinski definition) is 3. The average Bonchev–Trinajstić information content (AvgIpc) is 2.89. The largest absolute Gasteiger partial charge is 0.480 e. The highest BCUT2D eigenvalue weighted by molar-refractivity contribution is 5.90. The maximum absolute atomic E-state index is 12.4. The van der Waals surface area contributed by atoms with E-state index in [1.54, 1.807) is 6.20 Å². The van der Waals surface area contributed by atoms with Crippen LogP contribution in [0, 0.1) is 5.92 Å². The summed E-state index contributed by atoms with van der Waals surface area (Å²) >= 11 is 0. The van der Waals surface area contributed by atoms with Gasteiger partial charge in [-0.15, -0.1) is 0 Å². The SMILES string of the molecule is CCN(CC(=O)O)C1CC(NC(=O)Nc2cnn(CC(C)C)c2C(C)C)C1. The lowest BCUT2D eigenvalue weighted by Crippen LogP contribution is -2.55. The minimum absolute atomic E-state index is 0.0485. The molecule has 1 aliphatic rings. The maximum Gasteiger partial charge on any atom is 0.319 e. The van der Waals surface area contributed by atoms with Gasteiger partial charge in [0.05, 0.1) is 24.1 Å². The lowest BCUT2D eigenvalue weighted by atomic mass is 9.85. The van der Waals surface area contributed by atoms with Gasteiger partial charge in [-0.05, 0) is 31.2 Å². The Balaban J connectivity index is 1.88. The highest BCUT2D eigenvalue weighted by Crippen LogP contribution is 2.27. The van der Waals surface area contributed by atoms with Gasteiger partial charge in [0.1, 0.15) is 0 Å². The number of likely N-dealkylation sites (N-methyl/N-ethyl adjacent to an activating group) is 1. The van der Waals surface area contributed by atoms with Crippen molar-refractivity contribution in [3.8, 4) is 0 Å². The number of carboxylic acid groups (broad SMARTS) is 1. The normalized spacial score (nSPS) is 19.4. The van der Waals surface area contributed by atoms with E-state index in [4.69, 9.17) is 5.11 Å². The molecule has 1 fully saturated rings. The zero-order valence-corrected chi connectivity index (χ0v) is 17.0. The van der Waals surface area contributed by atoms with Crippen molar-refractivity contribution in [1.82, 2.24) is 20.0 Å². The van der Waals surface area contributed by atoms with Crippen molar-refractivity contribution in [2.24, 2.45) is 5.92 Å². The number of aliphatic carboxylic acids is 1. The fraction of sp³-hybridized carbons (Fsp3) is 0.737. The number of rotatable bonds is 9. The molecular weight excluding hydrogens is 346 g/mol. The Morgan fingerprint density at radius 3 is 2.52 bits per heavy atom. The van der Waals surface area contributed by atoms with Crippen LogP contribution in [-0.2, 0) is 11.3 Å². The van der Waals surface area contributed by atoms with E-state index in [2.05, 4.69) is 43.4 Å². The van der Waals surface area contributed by atoms with Crippen LogP contribution in [0.3, 0.4) is 0 Å². The smallest absolute Gasteiger partial charge is 0.319 e. The molecule has 3 N–H and O–H groups in total. The number of carboxylic acids is 1. The number of hydrogen-bond acceptors (Lipinski definition) is 4. The number of carbonyl (C=O) groups is 2. The van der Waals surface area contributed by atoms with Crippen molar-refractivity contribution in [3.63, 3.8) is 0 Å². The second-order valence-corrected chi connectivity index (χ2v) is 8.05. The van der Waals surface area contributed by atoms with Gasteiger partial charge < -0.3 is 15.7 Å². The van der Waals surface area contributed by atoms with E-state index >= 15 is 0 Å². The number of aromatic nitrogens is 2. The summed E-state index contributed by atoms with van der Waals surface area (Å²) in [6, 6.07) is 0.0631. The van der Waals surface area contributed by atoms with Crippen molar-refractivity contribution >= 4 is 17.7 Å². The molecule has 0 bridgehead atoms. The molecule has 8 nitrogen and oxygen atoms in total. The van der Waals surface area contributed by atoms with E-state index in [0.717, 1.165) is 30.8 Å². The Morgan fingerprint density at radius 1 is 1.33 bits per heavy atom. The van der Waals surface area contributed by atoms with Gasteiger partial charge in [0.2, 0.25) is 0 Å². The van der Waals surface area contributed by atoms with Crippen LogP contribution in [0.2, 0.25) is 0 Å². The Morgan fingerprint density at radius 2 is 2.00 bits per heavy atom. The van der Waals surface area contributed by atoms with Crippen LogP contribution in [0.5, 0.6) is 0 Å². The van der Waals surface area contributed by atoms with Crippen molar-refractivity contribution in [2.75, 3.05) is 18.4 Å². The Kier molecular flexibility index (Phi) is 7.24. The summed E-state index contributed by atoms with van der Waals surface area (Å²) in [5.74, 6) is -0.0855. The van der Waals surface area contributed by atoms with E-state index in [0.29, 0.717) is 12.5 Å². The molecule has 152 valence electrons. The molecule has 8 heteroatoms. The first-order valence-electron chi connectivity index (χ1n) is 9.80. The van der Waals surface area contributed by atoms with E-state index < -0.39 is 5.97 Å². The van der Waals surface area contributed by atoms with E-state index in [9.17, 15) is 9.59 Å². The van der Waals surface area contributed by atoms with Crippen LogP contribution in [0.15, 0.2) is 6.20 Å². The lowest BCUT2D eigenvalue weighted by Gasteiger charge is -2.42. The first kappa shape index (κ1) is 21.2. The van der Waals surface area contributed by atoms with Crippen LogP contribution < -0.4 is 10.6 Å². The van der Waals surface area contributed by atoms with Gasteiger partial charge in [-0.25, -0.2) is 4.79 Å². The Hall–Kier alpha value is -2.09. The number of anilines is 1. The van der Waals surface area contributed by atoms with Gasteiger partial charge in [-0.1, -0.05) is 34.6 Å². The minimum atomic E-state index is -0.814. The Labute approximate surface area is 161 Å².